The second-order valence-electron chi connectivity index (χ2n) is 4.92. The van der Waals surface area contributed by atoms with Crippen LogP contribution in [0.4, 0.5) is 5.69 Å². The smallest absolute Gasteiger partial charge is 0.287 e. The van der Waals surface area contributed by atoms with Crippen LogP contribution in [0.25, 0.3) is 0 Å². The van der Waals surface area contributed by atoms with Gasteiger partial charge in [-0.15, -0.1) is 12.4 Å². The Kier molecular flexibility index (Phi) is 7.15. The molecule has 0 saturated carbocycles. The predicted octanol–water partition coefficient (Wildman–Crippen LogP) is 2.14. The molecule has 6 nitrogen and oxygen atoms in total. The molecule has 0 atom stereocenters. The minimum absolute atomic E-state index is 0. The van der Waals surface area contributed by atoms with Gasteiger partial charge in [0.1, 0.15) is 0 Å². The van der Waals surface area contributed by atoms with Gasteiger partial charge in [0.15, 0.2) is 5.76 Å². The van der Waals surface area contributed by atoms with Crippen LogP contribution in [0.1, 0.15) is 32.9 Å². The highest BCUT2D eigenvalue weighted by Gasteiger charge is 2.11. The van der Waals surface area contributed by atoms with Gasteiger partial charge in [-0.2, -0.15) is 0 Å². The largest absolute Gasteiger partial charge is 0.459 e. The molecule has 1 aromatic carbocycles. The van der Waals surface area contributed by atoms with Crippen molar-refractivity contribution in [1.82, 2.24) is 10.6 Å². The molecule has 0 unspecified atom stereocenters. The SMILES string of the molecule is Cc1ccoc1C(=O)NCCCNC(=O)c1cccc(N)c1.Cl. The number of benzene rings is 1. The standard InChI is InChI=1S/C16H19N3O3.ClH/c1-11-6-9-22-14(11)16(21)19-8-3-7-18-15(20)12-4-2-5-13(17)10-12;/h2,4-6,9-10H,3,7-8,17H2,1H3,(H,18,20)(H,19,21);1H. The molecular formula is C16H20ClN3O3. The Hall–Kier alpha value is -2.47. The van der Waals surface area contributed by atoms with Crippen molar-refractivity contribution >= 4 is 29.9 Å². The normalized spacial score (nSPS) is 9.78. The summed E-state index contributed by atoms with van der Waals surface area (Å²) in [5.41, 5.74) is 7.50. The summed E-state index contributed by atoms with van der Waals surface area (Å²) in [7, 11) is 0. The van der Waals surface area contributed by atoms with Gasteiger partial charge in [0, 0.05) is 29.9 Å². The number of anilines is 1. The third-order valence-corrected chi connectivity index (χ3v) is 3.14. The van der Waals surface area contributed by atoms with Crippen LogP contribution in [0.15, 0.2) is 41.0 Å². The molecule has 0 aliphatic rings. The van der Waals surface area contributed by atoms with Gasteiger partial charge in [-0.3, -0.25) is 9.59 Å². The van der Waals surface area contributed by atoms with Gasteiger partial charge >= 0.3 is 0 Å². The minimum Gasteiger partial charge on any atom is -0.459 e. The fourth-order valence-corrected chi connectivity index (χ4v) is 1.96. The molecule has 7 heteroatoms. The molecular weight excluding hydrogens is 318 g/mol. The van der Waals surface area contributed by atoms with Crippen molar-refractivity contribution in [3.05, 3.63) is 53.5 Å². The minimum atomic E-state index is -0.246. The number of nitrogens with two attached hydrogens (primary N) is 1. The van der Waals surface area contributed by atoms with Crippen LogP contribution < -0.4 is 16.4 Å². The third kappa shape index (κ3) is 5.34. The summed E-state index contributed by atoms with van der Waals surface area (Å²) in [4.78, 5) is 23.6. The predicted molar refractivity (Wildman–Crippen MR) is 90.8 cm³/mol. The zero-order valence-electron chi connectivity index (χ0n) is 12.8. The number of carbonyl (C=O) groups is 2. The highest BCUT2D eigenvalue weighted by molar-refractivity contribution is 5.95. The number of rotatable bonds is 6. The summed E-state index contributed by atoms with van der Waals surface area (Å²) in [5.74, 6) is -0.103. The van der Waals surface area contributed by atoms with Crippen molar-refractivity contribution in [3.8, 4) is 0 Å². The van der Waals surface area contributed by atoms with E-state index < -0.39 is 0 Å². The number of aryl methyl sites for hydroxylation is 1. The number of furan rings is 1. The number of halogens is 1. The van der Waals surface area contributed by atoms with Gasteiger partial charge in [0.05, 0.1) is 6.26 Å². The molecule has 0 radical (unpaired) electrons. The van der Waals surface area contributed by atoms with Crippen LogP contribution in [0.5, 0.6) is 0 Å². The quantitative estimate of drug-likeness (QED) is 0.555. The van der Waals surface area contributed by atoms with Crippen molar-refractivity contribution in [3.63, 3.8) is 0 Å². The van der Waals surface area contributed by atoms with Crippen LogP contribution in [-0.4, -0.2) is 24.9 Å². The van der Waals surface area contributed by atoms with E-state index in [1.54, 1.807) is 30.3 Å². The monoisotopic (exact) mass is 337 g/mol. The van der Waals surface area contributed by atoms with Crippen molar-refractivity contribution in [1.29, 1.82) is 0 Å². The molecule has 124 valence electrons. The lowest BCUT2D eigenvalue weighted by Crippen LogP contribution is -2.30. The molecule has 0 bridgehead atoms. The molecule has 0 aliphatic heterocycles. The molecule has 0 fully saturated rings. The summed E-state index contributed by atoms with van der Waals surface area (Å²) >= 11 is 0. The van der Waals surface area contributed by atoms with E-state index in [1.807, 2.05) is 6.92 Å². The van der Waals surface area contributed by atoms with E-state index in [2.05, 4.69) is 10.6 Å². The molecule has 0 spiro atoms. The van der Waals surface area contributed by atoms with Crippen LogP contribution in [0.3, 0.4) is 0 Å². The molecule has 0 aliphatic carbocycles. The van der Waals surface area contributed by atoms with E-state index >= 15 is 0 Å². The Bertz CT molecular complexity index is 670. The fraction of sp³-hybridized carbons (Fsp3) is 0.250. The molecule has 2 rings (SSSR count). The summed E-state index contributed by atoms with van der Waals surface area (Å²) in [5, 5.41) is 5.52. The second kappa shape index (κ2) is 8.85. The maximum Gasteiger partial charge on any atom is 0.287 e. The van der Waals surface area contributed by atoms with Crippen LogP contribution in [0.2, 0.25) is 0 Å². The van der Waals surface area contributed by atoms with Gasteiger partial charge in [-0.05, 0) is 37.6 Å². The highest BCUT2D eigenvalue weighted by Crippen LogP contribution is 2.08. The van der Waals surface area contributed by atoms with Gasteiger partial charge in [-0.25, -0.2) is 0 Å². The lowest BCUT2D eigenvalue weighted by atomic mass is 10.2. The molecule has 2 aromatic rings. The Morgan fingerprint density at radius 3 is 2.43 bits per heavy atom. The Labute approximate surface area is 140 Å². The number of hydrogen-bond donors (Lipinski definition) is 3. The van der Waals surface area contributed by atoms with Crippen molar-refractivity contribution in [2.75, 3.05) is 18.8 Å². The zero-order valence-corrected chi connectivity index (χ0v) is 13.6. The van der Waals surface area contributed by atoms with Gasteiger partial charge in [0.25, 0.3) is 11.8 Å². The Morgan fingerprint density at radius 1 is 1.13 bits per heavy atom. The number of nitrogens with one attached hydrogen (secondary N) is 2. The first-order valence-corrected chi connectivity index (χ1v) is 7.04. The fourth-order valence-electron chi connectivity index (χ4n) is 1.96. The van der Waals surface area contributed by atoms with Gasteiger partial charge in [-0.1, -0.05) is 6.07 Å². The van der Waals surface area contributed by atoms with Crippen LogP contribution in [0, 0.1) is 6.92 Å². The van der Waals surface area contributed by atoms with Crippen molar-refractivity contribution in [2.45, 2.75) is 13.3 Å². The van der Waals surface area contributed by atoms with E-state index in [0.717, 1.165) is 5.56 Å². The summed E-state index contributed by atoms with van der Waals surface area (Å²) in [6.07, 6.45) is 2.11. The number of hydrogen-bond acceptors (Lipinski definition) is 4. The van der Waals surface area contributed by atoms with E-state index in [4.69, 9.17) is 10.2 Å². The third-order valence-electron chi connectivity index (χ3n) is 3.14. The number of amides is 2. The van der Waals surface area contributed by atoms with Gasteiger partial charge < -0.3 is 20.8 Å². The molecule has 1 heterocycles. The van der Waals surface area contributed by atoms with E-state index in [-0.39, 0.29) is 24.2 Å². The first kappa shape index (κ1) is 18.6. The second-order valence-corrected chi connectivity index (χ2v) is 4.92. The Morgan fingerprint density at radius 2 is 1.83 bits per heavy atom. The summed E-state index contributed by atoms with van der Waals surface area (Å²) < 4.78 is 5.10. The maximum absolute atomic E-state index is 11.9. The average Bonchev–Trinajstić information content (AvgIpc) is 2.92. The molecule has 0 saturated heterocycles. The van der Waals surface area contributed by atoms with E-state index in [0.29, 0.717) is 36.5 Å². The van der Waals surface area contributed by atoms with Crippen molar-refractivity contribution < 1.29 is 14.0 Å². The first-order chi connectivity index (χ1) is 10.6. The molecule has 4 N–H and O–H groups in total. The number of nitrogen functional groups attached to an aromatic ring is 1. The molecule has 23 heavy (non-hydrogen) atoms. The maximum atomic E-state index is 11.9. The lowest BCUT2D eigenvalue weighted by Gasteiger charge is -2.07. The van der Waals surface area contributed by atoms with Crippen molar-refractivity contribution in [2.24, 2.45) is 0 Å². The van der Waals surface area contributed by atoms with Crippen LogP contribution in [-0.2, 0) is 0 Å². The lowest BCUT2D eigenvalue weighted by molar-refractivity contribution is 0.0924. The average molecular weight is 338 g/mol. The highest BCUT2D eigenvalue weighted by atomic mass is 35.5. The van der Waals surface area contributed by atoms with E-state index in [1.165, 1.54) is 6.26 Å². The summed E-state index contributed by atoms with van der Waals surface area (Å²) in [6.45, 7) is 2.73. The zero-order chi connectivity index (χ0) is 15.9. The van der Waals surface area contributed by atoms with E-state index in [9.17, 15) is 9.59 Å². The Balaban J connectivity index is 0.00000264. The summed E-state index contributed by atoms with van der Waals surface area (Å²) in [6, 6.07) is 8.52. The first-order valence-electron chi connectivity index (χ1n) is 7.04. The molecule has 1 aromatic heterocycles. The van der Waals surface area contributed by atoms with Crippen LogP contribution >= 0.6 is 12.4 Å². The van der Waals surface area contributed by atoms with Gasteiger partial charge in [0.2, 0.25) is 0 Å². The number of carbonyl (C=O) groups excluding carboxylic acids is 2. The topological polar surface area (TPSA) is 97.4 Å². The molecule has 2 amide bonds.